The zero-order valence-corrected chi connectivity index (χ0v) is 16.1. The fourth-order valence-electron chi connectivity index (χ4n) is 4.03. The lowest BCUT2D eigenvalue weighted by atomic mass is 9.93. The predicted octanol–water partition coefficient (Wildman–Crippen LogP) is 2.67. The normalized spacial score (nSPS) is 25.0. The number of likely N-dealkylation sites (tertiary alicyclic amines) is 1. The minimum Gasteiger partial charge on any atom is -0.338 e. The fourth-order valence-corrected chi connectivity index (χ4v) is 4.03. The summed E-state index contributed by atoms with van der Waals surface area (Å²) in [6.07, 6.45) is 5.76. The largest absolute Gasteiger partial charge is 0.338 e. The molecule has 0 spiro atoms. The average Bonchev–Trinajstić information content (AvgIpc) is 3.02. The SMILES string of the molecule is CC(C)n1cnc2cc(C(=O)N3C[C@H]4CC[C@@H](C3)C4N)cnc21.Cl.Cl. The van der Waals surface area contributed by atoms with Gasteiger partial charge in [-0.3, -0.25) is 4.79 Å². The molecule has 2 bridgehead atoms. The lowest BCUT2D eigenvalue weighted by molar-refractivity contribution is 0.0637. The molecule has 6 nitrogen and oxygen atoms in total. The highest BCUT2D eigenvalue weighted by atomic mass is 35.5. The summed E-state index contributed by atoms with van der Waals surface area (Å²) < 4.78 is 2.02. The Kier molecular flexibility index (Phi) is 5.97. The van der Waals surface area contributed by atoms with E-state index in [4.69, 9.17) is 5.73 Å². The van der Waals surface area contributed by atoms with Crippen LogP contribution in [0.1, 0.15) is 43.1 Å². The van der Waals surface area contributed by atoms with Gasteiger partial charge >= 0.3 is 0 Å². The zero-order valence-electron chi connectivity index (χ0n) is 14.5. The Morgan fingerprint density at radius 2 is 1.84 bits per heavy atom. The van der Waals surface area contributed by atoms with Gasteiger partial charge in [0, 0.05) is 31.4 Å². The van der Waals surface area contributed by atoms with E-state index in [9.17, 15) is 4.79 Å². The number of hydrogen-bond donors (Lipinski definition) is 1. The van der Waals surface area contributed by atoms with Gasteiger partial charge in [0.25, 0.3) is 5.91 Å². The summed E-state index contributed by atoms with van der Waals surface area (Å²) in [7, 11) is 0. The van der Waals surface area contributed by atoms with Crippen LogP contribution in [0.25, 0.3) is 11.2 Å². The van der Waals surface area contributed by atoms with Gasteiger partial charge < -0.3 is 15.2 Å². The third-order valence-corrected chi connectivity index (χ3v) is 5.41. The van der Waals surface area contributed by atoms with Gasteiger partial charge in [-0.25, -0.2) is 9.97 Å². The monoisotopic (exact) mass is 385 g/mol. The van der Waals surface area contributed by atoms with E-state index in [0.717, 1.165) is 37.1 Å². The highest BCUT2D eigenvalue weighted by Gasteiger charge is 2.41. The van der Waals surface area contributed by atoms with Gasteiger partial charge in [0.05, 0.1) is 11.9 Å². The number of piperidine rings is 1. The second-order valence-electron chi connectivity index (χ2n) is 7.20. The molecule has 1 aliphatic carbocycles. The van der Waals surface area contributed by atoms with Crippen LogP contribution in [-0.2, 0) is 0 Å². The number of halogens is 2. The predicted molar refractivity (Wildman–Crippen MR) is 103 cm³/mol. The van der Waals surface area contributed by atoms with Crippen LogP contribution in [0, 0.1) is 11.8 Å². The van der Waals surface area contributed by atoms with Gasteiger partial charge in [-0.2, -0.15) is 0 Å². The molecule has 138 valence electrons. The van der Waals surface area contributed by atoms with Crippen molar-refractivity contribution in [2.24, 2.45) is 17.6 Å². The first kappa shape index (κ1) is 19.9. The molecule has 1 unspecified atom stereocenters. The quantitative estimate of drug-likeness (QED) is 0.861. The number of amides is 1. The van der Waals surface area contributed by atoms with Crippen LogP contribution in [0.2, 0.25) is 0 Å². The topological polar surface area (TPSA) is 77.0 Å². The van der Waals surface area contributed by atoms with Crippen LogP contribution in [0.15, 0.2) is 18.6 Å². The van der Waals surface area contributed by atoms with Crippen molar-refractivity contribution in [2.45, 2.75) is 38.8 Å². The first-order valence-corrected chi connectivity index (χ1v) is 8.42. The molecule has 1 amide bonds. The second-order valence-corrected chi connectivity index (χ2v) is 7.20. The van der Waals surface area contributed by atoms with Crippen molar-refractivity contribution in [3.05, 3.63) is 24.2 Å². The van der Waals surface area contributed by atoms with Crippen LogP contribution >= 0.6 is 24.8 Å². The van der Waals surface area contributed by atoms with E-state index < -0.39 is 0 Å². The average molecular weight is 386 g/mol. The zero-order chi connectivity index (χ0) is 16.1. The number of carbonyl (C=O) groups is 1. The van der Waals surface area contributed by atoms with Crippen LogP contribution in [0.4, 0.5) is 0 Å². The molecule has 1 saturated heterocycles. The van der Waals surface area contributed by atoms with Gasteiger partial charge in [0.2, 0.25) is 0 Å². The molecule has 2 aromatic heterocycles. The maximum atomic E-state index is 12.8. The van der Waals surface area contributed by atoms with E-state index in [2.05, 4.69) is 23.8 Å². The summed E-state index contributed by atoms with van der Waals surface area (Å²) in [6, 6.07) is 2.43. The number of nitrogens with two attached hydrogens (primary N) is 1. The van der Waals surface area contributed by atoms with E-state index in [1.54, 1.807) is 12.5 Å². The number of nitrogens with zero attached hydrogens (tertiary/aromatic N) is 4. The Labute approximate surface area is 160 Å². The van der Waals surface area contributed by atoms with Crippen molar-refractivity contribution in [2.75, 3.05) is 13.1 Å². The lowest BCUT2D eigenvalue weighted by Gasteiger charge is -2.36. The Hall–Kier alpha value is -1.37. The van der Waals surface area contributed by atoms with Crippen molar-refractivity contribution in [1.29, 1.82) is 0 Å². The Balaban J connectivity index is 0.00000113. The molecule has 1 aliphatic heterocycles. The fraction of sp³-hybridized carbons (Fsp3) is 0.588. The van der Waals surface area contributed by atoms with Crippen LogP contribution in [-0.4, -0.2) is 44.5 Å². The smallest absolute Gasteiger partial charge is 0.255 e. The summed E-state index contributed by atoms with van der Waals surface area (Å²) in [5.74, 6) is 0.964. The molecule has 2 N–H and O–H groups in total. The van der Waals surface area contributed by atoms with Crippen molar-refractivity contribution in [1.82, 2.24) is 19.4 Å². The molecule has 0 aromatic carbocycles. The van der Waals surface area contributed by atoms with E-state index in [-0.39, 0.29) is 36.8 Å². The number of fused-ring (bicyclic) bond motifs is 3. The lowest BCUT2D eigenvalue weighted by Crippen LogP contribution is -2.50. The molecule has 2 aromatic rings. The van der Waals surface area contributed by atoms with Gasteiger partial charge in [-0.1, -0.05) is 0 Å². The summed E-state index contributed by atoms with van der Waals surface area (Å²) in [6.45, 7) is 5.73. The third kappa shape index (κ3) is 3.35. The van der Waals surface area contributed by atoms with Gasteiger partial charge in [0.1, 0.15) is 5.52 Å². The molecule has 2 aliphatic rings. The van der Waals surface area contributed by atoms with Crippen molar-refractivity contribution in [3.8, 4) is 0 Å². The standard InChI is InChI=1S/C17H23N5O.2ClH/c1-10(2)22-9-20-14-5-13(6-19-16(14)22)17(23)21-7-11-3-4-12(8-21)15(11)18;;/h5-6,9-12,15H,3-4,7-8,18H2,1-2H3;2*1H/t11-,12+,15?;;. The van der Waals surface area contributed by atoms with Crippen molar-refractivity contribution < 1.29 is 4.79 Å². The summed E-state index contributed by atoms with van der Waals surface area (Å²) >= 11 is 0. The number of aromatic nitrogens is 3. The van der Waals surface area contributed by atoms with Gasteiger partial charge in [-0.15, -0.1) is 24.8 Å². The van der Waals surface area contributed by atoms with Crippen LogP contribution < -0.4 is 5.73 Å². The first-order chi connectivity index (χ1) is 11.0. The van der Waals surface area contributed by atoms with Crippen molar-refractivity contribution in [3.63, 3.8) is 0 Å². The number of imidazole rings is 1. The molecule has 8 heteroatoms. The molecular weight excluding hydrogens is 361 g/mol. The van der Waals surface area contributed by atoms with Gasteiger partial charge in [0.15, 0.2) is 5.65 Å². The van der Waals surface area contributed by atoms with E-state index >= 15 is 0 Å². The number of pyridine rings is 1. The van der Waals surface area contributed by atoms with Gasteiger partial charge in [-0.05, 0) is 44.6 Å². The second kappa shape index (κ2) is 7.48. The number of carbonyl (C=O) groups excluding carboxylic acids is 1. The molecular formula is C17H25Cl2N5O. The molecule has 1 saturated carbocycles. The highest BCUT2D eigenvalue weighted by molar-refractivity contribution is 5.96. The van der Waals surface area contributed by atoms with Crippen LogP contribution in [0.5, 0.6) is 0 Å². The molecule has 0 radical (unpaired) electrons. The van der Waals surface area contributed by atoms with Crippen molar-refractivity contribution >= 4 is 41.9 Å². The van der Waals surface area contributed by atoms with E-state index in [1.807, 2.05) is 15.5 Å². The maximum absolute atomic E-state index is 12.8. The summed E-state index contributed by atoms with van der Waals surface area (Å²) in [4.78, 5) is 23.6. The molecule has 4 rings (SSSR count). The Morgan fingerprint density at radius 3 is 2.44 bits per heavy atom. The Bertz CT molecular complexity index is 749. The third-order valence-electron chi connectivity index (χ3n) is 5.41. The molecule has 3 atom stereocenters. The number of rotatable bonds is 2. The maximum Gasteiger partial charge on any atom is 0.255 e. The Morgan fingerprint density at radius 1 is 1.20 bits per heavy atom. The summed E-state index contributed by atoms with van der Waals surface area (Å²) in [5.41, 5.74) is 8.46. The number of hydrogen-bond acceptors (Lipinski definition) is 4. The minimum absolute atomic E-state index is 0. The van der Waals surface area contributed by atoms with E-state index in [0.29, 0.717) is 23.4 Å². The molecule has 2 fully saturated rings. The highest BCUT2D eigenvalue weighted by Crippen LogP contribution is 2.36. The van der Waals surface area contributed by atoms with E-state index in [1.165, 1.54) is 0 Å². The molecule has 25 heavy (non-hydrogen) atoms. The first-order valence-electron chi connectivity index (χ1n) is 8.42. The minimum atomic E-state index is 0. The summed E-state index contributed by atoms with van der Waals surface area (Å²) in [5, 5.41) is 0. The van der Waals surface area contributed by atoms with Crippen LogP contribution in [0.3, 0.4) is 0 Å². The molecule has 3 heterocycles.